The number of para-hydroxylation sites is 1. The normalized spacial score (nSPS) is 11.0. The average molecular weight is 331 g/mol. The van der Waals surface area contributed by atoms with Crippen LogP contribution in [0.4, 0.5) is 5.69 Å². The number of anilines is 1. The van der Waals surface area contributed by atoms with E-state index in [1.54, 1.807) is 49.5 Å². The van der Waals surface area contributed by atoms with Gasteiger partial charge in [0, 0.05) is 18.1 Å². The molecule has 0 aliphatic carbocycles. The van der Waals surface area contributed by atoms with Crippen LogP contribution >= 0.6 is 11.6 Å². The fourth-order valence-corrected chi connectivity index (χ4v) is 1.92. The molecule has 1 heterocycles. The van der Waals surface area contributed by atoms with Crippen molar-refractivity contribution >= 4 is 34.8 Å². The summed E-state index contributed by atoms with van der Waals surface area (Å²) < 4.78 is 0. The molecule has 0 atom stereocenters. The molecular formula is C16H15ClN4O2. The molecule has 0 saturated heterocycles. The Labute approximate surface area is 138 Å². The summed E-state index contributed by atoms with van der Waals surface area (Å²) in [7, 11) is 0. The molecule has 23 heavy (non-hydrogen) atoms. The first-order valence-electron chi connectivity index (χ1n) is 6.84. The van der Waals surface area contributed by atoms with Gasteiger partial charge in [0.2, 0.25) is 5.91 Å². The Hall–Kier alpha value is -2.73. The Kier molecular flexibility index (Phi) is 5.82. The maximum Gasteiger partial charge on any atom is 0.272 e. The lowest BCUT2D eigenvalue weighted by atomic mass is 10.2. The summed E-state index contributed by atoms with van der Waals surface area (Å²) in [6.07, 6.45) is 3.05. The summed E-state index contributed by atoms with van der Waals surface area (Å²) in [5, 5.41) is 7.04. The molecule has 1 aromatic heterocycles. The molecule has 0 aliphatic heterocycles. The number of hydrogen-bond donors (Lipinski definition) is 2. The Balaban J connectivity index is 1.88. The number of benzene rings is 1. The zero-order valence-electron chi connectivity index (χ0n) is 12.4. The number of rotatable bonds is 5. The molecule has 118 valence electrons. The predicted octanol–water partition coefficient (Wildman–Crippen LogP) is 2.87. The van der Waals surface area contributed by atoms with Gasteiger partial charge in [-0.2, -0.15) is 5.10 Å². The van der Waals surface area contributed by atoms with Crippen molar-refractivity contribution in [3.63, 3.8) is 0 Å². The van der Waals surface area contributed by atoms with Crippen molar-refractivity contribution in [1.82, 2.24) is 10.4 Å². The number of hydrogen-bond acceptors (Lipinski definition) is 4. The molecule has 7 heteroatoms. The van der Waals surface area contributed by atoms with Gasteiger partial charge in [-0.3, -0.25) is 14.6 Å². The van der Waals surface area contributed by atoms with E-state index >= 15 is 0 Å². The largest absolute Gasteiger partial charge is 0.324 e. The number of halogens is 1. The van der Waals surface area contributed by atoms with E-state index in [-0.39, 0.29) is 18.2 Å². The standard InChI is InChI=1S/C16H15ClN4O2/c1-11(20-21-16(23)12-5-4-8-18-10-12)9-15(22)19-14-7-3-2-6-13(14)17/h2-8,10H,9H2,1H3,(H,19,22)(H,21,23)/b20-11+. The van der Waals surface area contributed by atoms with Crippen LogP contribution in [-0.4, -0.2) is 22.5 Å². The van der Waals surface area contributed by atoms with Gasteiger partial charge in [0.1, 0.15) is 0 Å². The first-order chi connectivity index (χ1) is 11.1. The molecule has 1 aromatic carbocycles. The summed E-state index contributed by atoms with van der Waals surface area (Å²) in [6, 6.07) is 10.2. The molecule has 0 spiro atoms. The SMILES string of the molecule is C/C(CC(=O)Nc1ccccc1Cl)=N\NC(=O)c1cccnc1. The van der Waals surface area contributed by atoms with Gasteiger partial charge >= 0.3 is 0 Å². The van der Waals surface area contributed by atoms with E-state index in [9.17, 15) is 9.59 Å². The van der Waals surface area contributed by atoms with Crippen molar-refractivity contribution in [3.05, 3.63) is 59.4 Å². The van der Waals surface area contributed by atoms with Gasteiger partial charge in [0.05, 0.1) is 22.7 Å². The van der Waals surface area contributed by atoms with Crippen LogP contribution in [0.1, 0.15) is 23.7 Å². The lowest BCUT2D eigenvalue weighted by Crippen LogP contribution is -2.21. The molecule has 0 bridgehead atoms. The summed E-state index contributed by atoms with van der Waals surface area (Å²) >= 11 is 5.97. The minimum atomic E-state index is -0.385. The number of hydrazone groups is 1. The fraction of sp³-hybridized carbons (Fsp3) is 0.125. The van der Waals surface area contributed by atoms with E-state index in [1.807, 2.05) is 0 Å². The molecular weight excluding hydrogens is 316 g/mol. The number of carbonyl (C=O) groups excluding carboxylic acids is 2. The van der Waals surface area contributed by atoms with Crippen LogP contribution in [0.2, 0.25) is 5.02 Å². The zero-order valence-corrected chi connectivity index (χ0v) is 13.2. The highest BCUT2D eigenvalue weighted by molar-refractivity contribution is 6.33. The summed E-state index contributed by atoms with van der Waals surface area (Å²) in [6.45, 7) is 1.65. The van der Waals surface area contributed by atoms with Crippen molar-refractivity contribution in [2.45, 2.75) is 13.3 Å². The van der Waals surface area contributed by atoms with Crippen LogP contribution in [-0.2, 0) is 4.79 Å². The second kappa shape index (κ2) is 8.05. The van der Waals surface area contributed by atoms with E-state index in [1.165, 1.54) is 6.20 Å². The van der Waals surface area contributed by atoms with Gasteiger partial charge in [-0.1, -0.05) is 23.7 Å². The van der Waals surface area contributed by atoms with Crippen molar-refractivity contribution < 1.29 is 9.59 Å². The van der Waals surface area contributed by atoms with Gasteiger partial charge in [-0.15, -0.1) is 0 Å². The third-order valence-electron chi connectivity index (χ3n) is 2.84. The maximum absolute atomic E-state index is 11.9. The van der Waals surface area contributed by atoms with Crippen LogP contribution in [0.3, 0.4) is 0 Å². The molecule has 0 saturated carbocycles. The Morgan fingerprint density at radius 3 is 2.70 bits per heavy atom. The van der Waals surface area contributed by atoms with E-state index in [0.29, 0.717) is 22.0 Å². The number of nitrogens with zero attached hydrogens (tertiary/aromatic N) is 2. The Morgan fingerprint density at radius 1 is 1.22 bits per heavy atom. The van der Waals surface area contributed by atoms with Crippen molar-refractivity contribution in [2.75, 3.05) is 5.32 Å². The van der Waals surface area contributed by atoms with Gasteiger partial charge in [0.25, 0.3) is 5.91 Å². The molecule has 0 aliphatic rings. The lowest BCUT2D eigenvalue weighted by molar-refractivity contribution is -0.115. The van der Waals surface area contributed by atoms with E-state index in [4.69, 9.17) is 11.6 Å². The number of pyridine rings is 1. The third kappa shape index (κ3) is 5.19. The number of amides is 2. The minimum Gasteiger partial charge on any atom is -0.324 e. The van der Waals surface area contributed by atoms with E-state index in [0.717, 1.165) is 0 Å². The molecule has 6 nitrogen and oxygen atoms in total. The Bertz CT molecular complexity index is 732. The van der Waals surface area contributed by atoms with Crippen LogP contribution in [0.15, 0.2) is 53.9 Å². The van der Waals surface area contributed by atoms with Crippen LogP contribution in [0, 0.1) is 0 Å². The summed E-state index contributed by atoms with van der Waals surface area (Å²) in [5.41, 5.74) is 3.77. The average Bonchev–Trinajstić information content (AvgIpc) is 2.55. The van der Waals surface area contributed by atoms with Crippen LogP contribution in [0.25, 0.3) is 0 Å². The van der Waals surface area contributed by atoms with E-state index < -0.39 is 0 Å². The number of aromatic nitrogens is 1. The minimum absolute atomic E-state index is 0.0402. The quantitative estimate of drug-likeness (QED) is 0.653. The molecule has 0 radical (unpaired) electrons. The molecule has 2 N–H and O–H groups in total. The van der Waals surface area contributed by atoms with Crippen LogP contribution < -0.4 is 10.7 Å². The second-order valence-corrected chi connectivity index (χ2v) is 5.14. The lowest BCUT2D eigenvalue weighted by Gasteiger charge is -2.07. The first-order valence-corrected chi connectivity index (χ1v) is 7.22. The van der Waals surface area contributed by atoms with Crippen LogP contribution in [0.5, 0.6) is 0 Å². The predicted molar refractivity (Wildman–Crippen MR) is 89.5 cm³/mol. The molecule has 2 rings (SSSR count). The monoisotopic (exact) mass is 330 g/mol. The number of nitrogens with one attached hydrogen (secondary N) is 2. The molecule has 0 fully saturated rings. The van der Waals surface area contributed by atoms with Gasteiger partial charge in [-0.25, -0.2) is 5.43 Å². The van der Waals surface area contributed by atoms with Crippen molar-refractivity contribution in [3.8, 4) is 0 Å². The Morgan fingerprint density at radius 2 is 2.00 bits per heavy atom. The highest BCUT2D eigenvalue weighted by Crippen LogP contribution is 2.20. The third-order valence-corrected chi connectivity index (χ3v) is 3.17. The smallest absolute Gasteiger partial charge is 0.272 e. The number of carbonyl (C=O) groups is 2. The highest BCUT2D eigenvalue weighted by atomic mass is 35.5. The highest BCUT2D eigenvalue weighted by Gasteiger charge is 2.08. The fourth-order valence-electron chi connectivity index (χ4n) is 1.74. The maximum atomic E-state index is 11.9. The van der Waals surface area contributed by atoms with Gasteiger partial charge < -0.3 is 5.32 Å². The first kappa shape index (κ1) is 16.6. The topological polar surface area (TPSA) is 83.5 Å². The zero-order chi connectivity index (χ0) is 16.7. The molecule has 2 amide bonds. The van der Waals surface area contributed by atoms with Crippen molar-refractivity contribution in [2.24, 2.45) is 5.10 Å². The van der Waals surface area contributed by atoms with E-state index in [2.05, 4.69) is 20.8 Å². The van der Waals surface area contributed by atoms with Gasteiger partial charge in [0.15, 0.2) is 0 Å². The second-order valence-electron chi connectivity index (χ2n) is 4.73. The summed E-state index contributed by atoms with van der Waals surface area (Å²) in [4.78, 5) is 27.6. The molecule has 0 unspecified atom stereocenters. The van der Waals surface area contributed by atoms with Gasteiger partial charge in [-0.05, 0) is 31.2 Å². The van der Waals surface area contributed by atoms with Crippen molar-refractivity contribution in [1.29, 1.82) is 0 Å². The summed E-state index contributed by atoms with van der Waals surface area (Å²) in [5.74, 6) is -0.654. The molecule has 2 aromatic rings.